The number of benzene rings is 1. The van der Waals surface area contributed by atoms with Crippen molar-refractivity contribution in [2.45, 2.75) is 39.0 Å². The molecule has 0 radical (unpaired) electrons. The Balaban J connectivity index is 1.69. The van der Waals surface area contributed by atoms with E-state index in [0.717, 1.165) is 30.4 Å². The second-order valence-electron chi connectivity index (χ2n) is 6.85. The van der Waals surface area contributed by atoms with E-state index in [9.17, 15) is 4.79 Å². The van der Waals surface area contributed by atoms with Gasteiger partial charge >= 0.3 is 0 Å². The Hall–Kier alpha value is -2.75. The van der Waals surface area contributed by atoms with E-state index >= 15 is 0 Å². The molecule has 0 aliphatic heterocycles. The molecule has 0 bridgehead atoms. The summed E-state index contributed by atoms with van der Waals surface area (Å²) >= 11 is 0. The predicted octanol–water partition coefficient (Wildman–Crippen LogP) is 3.52. The second kappa shape index (κ2) is 6.28. The minimum Gasteiger partial charge on any atom is -0.267 e. The van der Waals surface area contributed by atoms with Crippen LogP contribution in [0.1, 0.15) is 40.2 Å². The summed E-state index contributed by atoms with van der Waals surface area (Å²) in [6.45, 7) is 4.30. The highest BCUT2D eigenvalue weighted by atomic mass is 16.1. The number of aromatic nitrogens is 3. The zero-order valence-electron chi connectivity index (χ0n) is 14.6. The van der Waals surface area contributed by atoms with Gasteiger partial charge in [0.15, 0.2) is 5.82 Å². The van der Waals surface area contributed by atoms with Crippen molar-refractivity contribution in [3.8, 4) is 5.82 Å². The summed E-state index contributed by atoms with van der Waals surface area (Å²) < 4.78 is 1.41. The van der Waals surface area contributed by atoms with Crippen LogP contribution in [0.2, 0.25) is 0 Å². The SMILES string of the molecule is Cc1ccc([C@H]2CCc3c(cnn(-c4ccccn4)c3=O)C2)c(C)c1. The third kappa shape index (κ3) is 2.88. The Morgan fingerprint density at radius 1 is 1.16 bits per heavy atom. The Morgan fingerprint density at radius 2 is 2.04 bits per heavy atom. The van der Waals surface area contributed by atoms with E-state index < -0.39 is 0 Å². The van der Waals surface area contributed by atoms with Crippen LogP contribution in [0.25, 0.3) is 5.82 Å². The van der Waals surface area contributed by atoms with Crippen LogP contribution < -0.4 is 5.56 Å². The summed E-state index contributed by atoms with van der Waals surface area (Å²) in [6.07, 6.45) is 6.20. The third-order valence-electron chi connectivity index (χ3n) is 5.11. The van der Waals surface area contributed by atoms with E-state index in [1.54, 1.807) is 6.20 Å². The zero-order chi connectivity index (χ0) is 17.4. The Morgan fingerprint density at radius 3 is 2.80 bits per heavy atom. The highest BCUT2D eigenvalue weighted by molar-refractivity contribution is 5.37. The number of hydrogen-bond acceptors (Lipinski definition) is 3. The van der Waals surface area contributed by atoms with E-state index in [1.807, 2.05) is 24.4 Å². The maximum atomic E-state index is 12.8. The molecule has 0 N–H and O–H groups in total. The van der Waals surface area contributed by atoms with Crippen molar-refractivity contribution in [3.63, 3.8) is 0 Å². The van der Waals surface area contributed by atoms with Gasteiger partial charge in [-0.2, -0.15) is 9.78 Å². The predicted molar refractivity (Wildman–Crippen MR) is 98.3 cm³/mol. The average molecular weight is 331 g/mol. The van der Waals surface area contributed by atoms with Crippen molar-refractivity contribution in [1.29, 1.82) is 0 Å². The number of rotatable bonds is 2. The van der Waals surface area contributed by atoms with E-state index in [0.29, 0.717) is 11.7 Å². The van der Waals surface area contributed by atoms with Crippen molar-refractivity contribution in [2.75, 3.05) is 0 Å². The smallest absolute Gasteiger partial charge is 0.267 e. The number of aryl methyl sites for hydroxylation is 2. The standard InChI is InChI=1S/C21H21N3O/c1-14-6-8-18(15(2)11-14)16-7-9-19-17(12-16)13-23-24(21(19)25)20-5-3-4-10-22-20/h3-6,8,10-11,13,16H,7,9,12H2,1-2H3/t16-/m0/s1. The minimum atomic E-state index is -0.0321. The lowest BCUT2D eigenvalue weighted by atomic mass is 9.79. The van der Waals surface area contributed by atoms with Crippen molar-refractivity contribution in [2.24, 2.45) is 0 Å². The molecule has 4 heteroatoms. The minimum absolute atomic E-state index is 0.0321. The maximum Gasteiger partial charge on any atom is 0.276 e. The molecule has 1 aliphatic rings. The molecule has 4 nitrogen and oxygen atoms in total. The fourth-order valence-electron chi connectivity index (χ4n) is 3.84. The molecular weight excluding hydrogens is 310 g/mol. The second-order valence-corrected chi connectivity index (χ2v) is 6.85. The molecule has 0 amide bonds. The van der Waals surface area contributed by atoms with E-state index in [-0.39, 0.29) is 5.56 Å². The van der Waals surface area contributed by atoms with Gasteiger partial charge in [0.1, 0.15) is 0 Å². The number of pyridine rings is 1. The molecule has 4 rings (SSSR count). The lowest BCUT2D eigenvalue weighted by Crippen LogP contribution is -2.30. The van der Waals surface area contributed by atoms with Crippen LogP contribution in [0.15, 0.2) is 53.6 Å². The van der Waals surface area contributed by atoms with Gasteiger partial charge in [0.25, 0.3) is 5.56 Å². The van der Waals surface area contributed by atoms with Gasteiger partial charge in [-0.3, -0.25) is 4.79 Å². The Labute approximate surface area is 147 Å². The van der Waals surface area contributed by atoms with Gasteiger partial charge in [-0.15, -0.1) is 0 Å². The molecule has 0 saturated heterocycles. The van der Waals surface area contributed by atoms with Crippen LogP contribution in [0.4, 0.5) is 0 Å². The lowest BCUT2D eigenvalue weighted by molar-refractivity contribution is 0.565. The average Bonchev–Trinajstić information content (AvgIpc) is 2.62. The van der Waals surface area contributed by atoms with Crippen LogP contribution in [0, 0.1) is 13.8 Å². The lowest BCUT2D eigenvalue weighted by Gasteiger charge is -2.26. The van der Waals surface area contributed by atoms with Gasteiger partial charge in [0.05, 0.1) is 6.20 Å². The summed E-state index contributed by atoms with van der Waals surface area (Å²) in [5, 5.41) is 4.37. The van der Waals surface area contributed by atoms with Gasteiger partial charge in [-0.1, -0.05) is 29.8 Å². The number of hydrogen-bond donors (Lipinski definition) is 0. The van der Waals surface area contributed by atoms with E-state index in [2.05, 4.69) is 42.1 Å². The molecule has 3 aromatic rings. The zero-order valence-corrected chi connectivity index (χ0v) is 14.6. The molecule has 1 aromatic carbocycles. The molecule has 1 aliphatic carbocycles. The first-order chi connectivity index (χ1) is 12.1. The number of nitrogens with zero attached hydrogens (tertiary/aromatic N) is 3. The first-order valence-electron chi connectivity index (χ1n) is 8.72. The summed E-state index contributed by atoms with van der Waals surface area (Å²) in [6, 6.07) is 12.2. The van der Waals surface area contributed by atoms with Crippen LogP contribution in [-0.4, -0.2) is 14.8 Å². The summed E-state index contributed by atoms with van der Waals surface area (Å²) in [5.41, 5.74) is 5.95. The Kier molecular flexibility index (Phi) is 3.96. The highest BCUT2D eigenvalue weighted by Crippen LogP contribution is 2.33. The fourth-order valence-corrected chi connectivity index (χ4v) is 3.84. The van der Waals surface area contributed by atoms with Gasteiger partial charge in [0.2, 0.25) is 0 Å². The first-order valence-corrected chi connectivity index (χ1v) is 8.72. The largest absolute Gasteiger partial charge is 0.276 e. The Bertz CT molecular complexity index is 976. The molecule has 0 fully saturated rings. The molecule has 25 heavy (non-hydrogen) atoms. The van der Waals surface area contributed by atoms with Crippen LogP contribution in [0.5, 0.6) is 0 Å². The van der Waals surface area contributed by atoms with Gasteiger partial charge in [-0.25, -0.2) is 4.98 Å². The molecule has 2 heterocycles. The summed E-state index contributed by atoms with van der Waals surface area (Å²) in [7, 11) is 0. The molecule has 126 valence electrons. The van der Waals surface area contributed by atoms with Gasteiger partial charge in [-0.05, 0) is 67.9 Å². The summed E-state index contributed by atoms with van der Waals surface area (Å²) in [5.74, 6) is 1.03. The quantitative estimate of drug-likeness (QED) is 0.722. The molecule has 0 unspecified atom stereocenters. The topological polar surface area (TPSA) is 47.8 Å². The van der Waals surface area contributed by atoms with Crippen molar-refractivity contribution in [3.05, 3.63) is 87.0 Å². The molecule has 1 atom stereocenters. The maximum absolute atomic E-state index is 12.8. The molecule has 2 aromatic heterocycles. The first kappa shape index (κ1) is 15.8. The summed E-state index contributed by atoms with van der Waals surface area (Å²) in [4.78, 5) is 17.1. The van der Waals surface area contributed by atoms with Crippen molar-refractivity contribution in [1.82, 2.24) is 14.8 Å². The highest BCUT2D eigenvalue weighted by Gasteiger charge is 2.24. The molecule has 0 saturated carbocycles. The van der Waals surface area contributed by atoms with Crippen LogP contribution in [0.3, 0.4) is 0 Å². The van der Waals surface area contributed by atoms with E-state index in [4.69, 9.17) is 0 Å². The van der Waals surface area contributed by atoms with Gasteiger partial charge in [0, 0.05) is 11.8 Å². The monoisotopic (exact) mass is 331 g/mol. The van der Waals surface area contributed by atoms with Crippen LogP contribution >= 0.6 is 0 Å². The van der Waals surface area contributed by atoms with E-state index in [1.165, 1.54) is 21.4 Å². The molecular formula is C21H21N3O. The number of fused-ring (bicyclic) bond motifs is 1. The van der Waals surface area contributed by atoms with Crippen molar-refractivity contribution < 1.29 is 0 Å². The van der Waals surface area contributed by atoms with Gasteiger partial charge < -0.3 is 0 Å². The molecule has 0 spiro atoms. The normalized spacial score (nSPS) is 16.5. The van der Waals surface area contributed by atoms with Crippen LogP contribution in [-0.2, 0) is 12.8 Å². The fraction of sp³-hybridized carbons (Fsp3) is 0.286. The third-order valence-corrected chi connectivity index (χ3v) is 5.11. The van der Waals surface area contributed by atoms with Crippen molar-refractivity contribution >= 4 is 0 Å².